The summed E-state index contributed by atoms with van der Waals surface area (Å²) in [6.07, 6.45) is 3.58. The summed E-state index contributed by atoms with van der Waals surface area (Å²) < 4.78 is 13.3. The second-order valence-electron chi connectivity index (χ2n) is 2.96. The summed E-state index contributed by atoms with van der Waals surface area (Å²) >= 11 is 0. The first-order valence-corrected chi connectivity index (χ1v) is 4.45. The van der Waals surface area contributed by atoms with Crippen molar-refractivity contribution in [2.24, 2.45) is 0 Å². The predicted octanol–water partition coefficient (Wildman–Crippen LogP) is 1.92. The molecule has 0 spiro atoms. The number of halogens is 1. The van der Waals surface area contributed by atoms with Crippen LogP contribution in [-0.2, 0) is 0 Å². The molecule has 0 bridgehead atoms. The molecule has 0 aliphatic carbocycles. The Morgan fingerprint density at radius 2 is 2.20 bits per heavy atom. The van der Waals surface area contributed by atoms with Crippen LogP contribution in [-0.4, -0.2) is 22.8 Å². The summed E-state index contributed by atoms with van der Waals surface area (Å²) in [7, 11) is 0. The first kappa shape index (κ1) is 11.4. The molecule has 0 aromatic heterocycles. The number of carboxylic acids is 1. The number of hydrogen-bond donors (Lipinski definition) is 2. The van der Waals surface area contributed by atoms with Crippen molar-refractivity contribution in [1.29, 1.82) is 0 Å². The molecule has 1 aromatic rings. The Morgan fingerprint density at radius 1 is 1.47 bits per heavy atom. The zero-order chi connectivity index (χ0) is 11.3. The van der Waals surface area contributed by atoms with Gasteiger partial charge in [0.25, 0.3) is 0 Å². The van der Waals surface area contributed by atoms with Gasteiger partial charge in [-0.1, -0.05) is 18.2 Å². The molecule has 0 unspecified atom stereocenters. The summed E-state index contributed by atoms with van der Waals surface area (Å²) in [4.78, 5) is 10.5. The van der Waals surface area contributed by atoms with Crippen LogP contribution < -0.4 is 0 Å². The molecule has 0 saturated heterocycles. The molecule has 1 aromatic carbocycles. The van der Waals surface area contributed by atoms with Gasteiger partial charge in [-0.3, -0.25) is 0 Å². The number of carbonyl (C=O) groups is 1. The molecule has 0 atom stereocenters. The molecule has 2 N–H and O–H groups in total. The lowest BCUT2D eigenvalue weighted by Crippen LogP contribution is -1.97. The van der Waals surface area contributed by atoms with E-state index < -0.39 is 11.8 Å². The highest BCUT2D eigenvalue weighted by Gasteiger charge is 2.05. The average Bonchev–Trinajstić information content (AvgIpc) is 2.20. The number of aliphatic hydroxyl groups excluding tert-OH is 1. The lowest BCUT2D eigenvalue weighted by atomic mass is 10.1. The number of hydrogen-bond acceptors (Lipinski definition) is 2. The number of rotatable bonds is 4. The van der Waals surface area contributed by atoms with Crippen LogP contribution in [0.2, 0.25) is 0 Å². The van der Waals surface area contributed by atoms with Crippen molar-refractivity contribution in [3.05, 3.63) is 41.2 Å². The molecular weight excluding hydrogens is 199 g/mol. The van der Waals surface area contributed by atoms with Gasteiger partial charge in [0.1, 0.15) is 5.82 Å². The summed E-state index contributed by atoms with van der Waals surface area (Å²) in [5.41, 5.74) is 0.236. The molecule has 0 amide bonds. The Labute approximate surface area is 86.5 Å². The van der Waals surface area contributed by atoms with E-state index in [0.717, 1.165) is 6.07 Å². The van der Waals surface area contributed by atoms with Gasteiger partial charge in [-0.25, -0.2) is 9.18 Å². The van der Waals surface area contributed by atoms with E-state index in [1.54, 1.807) is 6.08 Å². The lowest BCUT2D eigenvalue weighted by Gasteiger charge is -1.98. The van der Waals surface area contributed by atoms with Crippen LogP contribution in [0.1, 0.15) is 22.3 Å². The second-order valence-corrected chi connectivity index (χ2v) is 2.96. The molecule has 4 heteroatoms. The number of aliphatic hydroxyl groups is 1. The van der Waals surface area contributed by atoms with Crippen molar-refractivity contribution in [1.82, 2.24) is 0 Å². The van der Waals surface area contributed by atoms with Crippen LogP contribution in [0.4, 0.5) is 4.39 Å². The van der Waals surface area contributed by atoms with Gasteiger partial charge in [-0.2, -0.15) is 0 Å². The highest BCUT2D eigenvalue weighted by Crippen LogP contribution is 2.12. The van der Waals surface area contributed by atoms with E-state index in [1.165, 1.54) is 18.2 Å². The first-order chi connectivity index (χ1) is 7.15. The fourth-order valence-electron chi connectivity index (χ4n) is 1.08. The van der Waals surface area contributed by atoms with Gasteiger partial charge in [0, 0.05) is 12.2 Å². The second kappa shape index (κ2) is 5.26. The molecule has 0 radical (unpaired) electrons. The number of carboxylic acid groups (broad SMARTS) is 1. The fourth-order valence-corrected chi connectivity index (χ4v) is 1.08. The van der Waals surface area contributed by atoms with Crippen LogP contribution in [0.15, 0.2) is 24.3 Å². The molecule has 3 nitrogen and oxygen atoms in total. The van der Waals surface area contributed by atoms with Gasteiger partial charge >= 0.3 is 5.97 Å². The Morgan fingerprint density at radius 3 is 2.73 bits per heavy atom. The SMILES string of the molecule is O=C(O)c1ccc(C=CCCO)c(F)c1. The molecule has 1 rings (SSSR count). The maximum atomic E-state index is 13.3. The highest BCUT2D eigenvalue weighted by atomic mass is 19.1. The van der Waals surface area contributed by atoms with Crippen LogP contribution in [0.3, 0.4) is 0 Å². The third-order valence-corrected chi connectivity index (χ3v) is 1.84. The summed E-state index contributed by atoms with van der Waals surface area (Å²) in [5, 5.41) is 17.1. The van der Waals surface area contributed by atoms with E-state index in [1.807, 2.05) is 0 Å². The minimum Gasteiger partial charge on any atom is -0.478 e. The number of aromatic carboxylic acids is 1. The van der Waals surface area contributed by atoms with Crippen molar-refractivity contribution in [2.75, 3.05) is 6.61 Å². The molecule has 0 heterocycles. The highest BCUT2D eigenvalue weighted by molar-refractivity contribution is 5.87. The quantitative estimate of drug-likeness (QED) is 0.798. The number of benzene rings is 1. The van der Waals surface area contributed by atoms with Crippen LogP contribution in [0, 0.1) is 5.82 Å². The first-order valence-electron chi connectivity index (χ1n) is 4.45. The van der Waals surface area contributed by atoms with Gasteiger partial charge in [0.05, 0.1) is 5.56 Å². The Hall–Kier alpha value is -1.68. The van der Waals surface area contributed by atoms with Gasteiger partial charge in [0.2, 0.25) is 0 Å². The molecule has 80 valence electrons. The van der Waals surface area contributed by atoms with Gasteiger partial charge in [-0.05, 0) is 18.6 Å². The summed E-state index contributed by atoms with van der Waals surface area (Å²) in [6.45, 7) is 0.00529. The van der Waals surface area contributed by atoms with Gasteiger partial charge < -0.3 is 10.2 Å². The van der Waals surface area contributed by atoms with E-state index in [4.69, 9.17) is 10.2 Å². The third-order valence-electron chi connectivity index (χ3n) is 1.84. The maximum absolute atomic E-state index is 13.3. The monoisotopic (exact) mass is 210 g/mol. The minimum atomic E-state index is -1.15. The maximum Gasteiger partial charge on any atom is 0.335 e. The topological polar surface area (TPSA) is 57.5 Å². The Bertz CT molecular complexity index is 385. The Kier molecular flexibility index (Phi) is 4.00. The fraction of sp³-hybridized carbons (Fsp3) is 0.182. The van der Waals surface area contributed by atoms with Crippen molar-refractivity contribution < 1.29 is 19.4 Å². The van der Waals surface area contributed by atoms with E-state index in [-0.39, 0.29) is 12.2 Å². The molecule has 15 heavy (non-hydrogen) atoms. The average molecular weight is 210 g/mol. The normalized spacial score (nSPS) is 10.8. The van der Waals surface area contributed by atoms with E-state index in [2.05, 4.69) is 0 Å². The van der Waals surface area contributed by atoms with Gasteiger partial charge in [0.15, 0.2) is 0 Å². The summed E-state index contributed by atoms with van der Waals surface area (Å²) in [6, 6.07) is 3.71. The van der Waals surface area contributed by atoms with E-state index in [0.29, 0.717) is 12.0 Å². The zero-order valence-electron chi connectivity index (χ0n) is 7.98. The van der Waals surface area contributed by atoms with Crippen LogP contribution in [0.5, 0.6) is 0 Å². The molecule has 0 saturated carbocycles. The van der Waals surface area contributed by atoms with E-state index >= 15 is 0 Å². The lowest BCUT2D eigenvalue weighted by molar-refractivity contribution is 0.0696. The summed E-state index contributed by atoms with van der Waals surface area (Å²) in [5.74, 6) is -1.73. The van der Waals surface area contributed by atoms with Crippen LogP contribution >= 0.6 is 0 Å². The van der Waals surface area contributed by atoms with Gasteiger partial charge in [-0.15, -0.1) is 0 Å². The van der Waals surface area contributed by atoms with Crippen molar-refractivity contribution in [3.8, 4) is 0 Å². The molecule has 0 aliphatic rings. The van der Waals surface area contributed by atoms with Crippen molar-refractivity contribution in [3.63, 3.8) is 0 Å². The van der Waals surface area contributed by atoms with Crippen LogP contribution in [0.25, 0.3) is 6.08 Å². The smallest absolute Gasteiger partial charge is 0.335 e. The zero-order valence-corrected chi connectivity index (χ0v) is 7.98. The van der Waals surface area contributed by atoms with E-state index in [9.17, 15) is 9.18 Å². The largest absolute Gasteiger partial charge is 0.478 e. The third kappa shape index (κ3) is 3.18. The predicted molar refractivity (Wildman–Crippen MR) is 54.1 cm³/mol. The van der Waals surface area contributed by atoms with Crippen molar-refractivity contribution >= 4 is 12.0 Å². The Balaban J connectivity index is 2.88. The molecular formula is C11H11FO3. The standard InChI is InChI=1S/C11H11FO3/c12-10-7-9(11(14)15)5-4-8(10)3-1-2-6-13/h1,3-5,7,13H,2,6H2,(H,14,15). The van der Waals surface area contributed by atoms with Crippen molar-refractivity contribution in [2.45, 2.75) is 6.42 Å². The molecule has 0 fully saturated rings. The minimum absolute atomic E-state index is 0.00529. The molecule has 0 aliphatic heterocycles.